The number of aliphatic hydroxyl groups excluding tert-OH is 1. The van der Waals surface area contributed by atoms with Crippen LogP contribution < -0.4 is 0 Å². The van der Waals surface area contributed by atoms with Gasteiger partial charge in [-0.2, -0.15) is 5.10 Å². The van der Waals surface area contributed by atoms with Gasteiger partial charge in [0.05, 0.1) is 17.4 Å². The molecular formula is C12H22N2O2. The third-order valence-corrected chi connectivity index (χ3v) is 3.12. The first-order valence-electron chi connectivity index (χ1n) is 5.84. The van der Waals surface area contributed by atoms with Crippen LogP contribution in [0.2, 0.25) is 0 Å². The highest BCUT2D eigenvalue weighted by atomic mass is 16.3. The predicted molar refractivity (Wildman–Crippen MR) is 63.3 cm³/mol. The van der Waals surface area contributed by atoms with Gasteiger partial charge in [-0.05, 0) is 33.3 Å². The molecule has 4 nitrogen and oxygen atoms in total. The van der Waals surface area contributed by atoms with E-state index < -0.39 is 11.7 Å². The number of nitrogens with zero attached hydrogens (tertiary/aromatic N) is 2. The average Bonchev–Trinajstić information content (AvgIpc) is 2.58. The highest BCUT2D eigenvalue weighted by Crippen LogP contribution is 2.18. The Morgan fingerprint density at radius 1 is 1.50 bits per heavy atom. The fourth-order valence-corrected chi connectivity index (χ4v) is 1.69. The molecule has 92 valence electrons. The molecule has 0 fully saturated rings. The fourth-order valence-electron chi connectivity index (χ4n) is 1.69. The van der Waals surface area contributed by atoms with Crippen molar-refractivity contribution in [2.75, 3.05) is 0 Å². The number of aliphatic hydroxyl groups is 2. The minimum atomic E-state index is -1.03. The zero-order valence-corrected chi connectivity index (χ0v) is 10.6. The minimum Gasteiger partial charge on any atom is -0.390 e. The van der Waals surface area contributed by atoms with Gasteiger partial charge in [-0.15, -0.1) is 0 Å². The van der Waals surface area contributed by atoms with Crippen LogP contribution in [0, 0.1) is 6.92 Å². The molecule has 16 heavy (non-hydrogen) atoms. The van der Waals surface area contributed by atoms with Crippen LogP contribution in [0.25, 0.3) is 0 Å². The first-order chi connectivity index (χ1) is 7.40. The lowest BCUT2D eigenvalue weighted by molar-refractivity contribution is -0.0636. The zero-order chi connectivity index (χ0) is 12.3. The van der Waals surface area contributed by atoms with Gasteiger partial charge in [0.1, 0.15) is 0 Å². The van der Waals surface area contributed by atoms with Crippen LogP contribution in [0.4, 0.5) is 0 Å². The molecule has 2 unspecified atom stereocenters. The molecule has 1 heterocycles. The Morgan fingerprint density at radius 2 is 2.12 bits per heavy atom. The molecule has 0 saturated heterocycles. The molecule has 0 aliphatic carbocycles. The Hall–Kier alpha value is -0.870. The second-order valence-corrected chi connectivity index (χ2v) is 4.52. The third kappa shape index (κ3) is 2.83. The van der Waals surface area contributed by atoms with E-state index in [1.54, 1.807) is 6.92 Å². The molecule has 1 aromatic heterocycles. The summed E-state index contributed by atoms with van der Waals surface area (Å²) < 4.78 is 1.87. The van der Waals surface area contributed by atoms with Crippen molar-refractivity contribution in [1.82, 2.24) is 9.78 Å². The maximum Gasteiger partial charge on any atom is 0.0879 e. The summed E-state index contributed by atoms with van der Waals surface area (Å²) in [7, 11) is 0. The Labute approximate surface area is 96.9 Å². The minimum absolute atomic E-state index is 0.440. The van der Waals surface area contributed by atoms with E-state index in [1.165, 1.54) is 0 Å². The van der Waals surface area contributed by atoms with Crippen LogP contribution in [0.3, 0.4) is 0 Å². The topological polar surface area (TPSA) is 58.3 Å². The molecule has 0 aromatic carbocycles. The Kier molecular flexibility index (Phi) is 4.10. The van der Waals surface area contributed by atoms with Crippen molar-refractivity contribution in [2.45, 2.75) is 58.8 Å². The van der Waals surface area contributed by atoms with E-state index in [2.05, 4.69) is 5.10 Å². The smallest absolute Gasteiger partial charge is 0.0879 e. The number of rotatable bonds is 5. The van der Waals surface area contributed by atoms with Gasteiger partial charge in [-0.25, -0.2) is 0 Å². The lowest BCUT2D eigenvalue weighted by atomic mass is 9.93. The Balaban J connectivity index is 2.80. The van der Waals surface area contributed by atoms with Crippen molar-refractivity contribution in [1.29, 1.82) is 0 Å². The van der Waals surface area contributed by atoms with E-state index in [1.807, 2.05) is 31.5 Å². The molecule has 0 bridgehead atoms. The molecule has 2 atom stereocenters. The van der Waals surface area contributed by atoms with Crippen LogP contribution in [0.1, 0.15) is 38.6 Å². The summed E-state index contributed by atoms with van der Waals surface area (Å²) in [6.07, 6.45) is 0.224. The number of aromatic nitrogens is 2. The predicted octanol–water partition coefficient (Wildman–Crippen LogP) is 1.28. The summed E-state index contributed by atoms with van der Waals surface area (Å²) in [6, 6.07) is 1.96. The molecular weight excluding hydrogens is 204 g/mol. The van der Waals surface area contributed by atoms with E-state index in [-0.39, 0.29) is 0 Å². The van der Waals surface area contributed by atoms with E-state index in [9.17, 15) is 10.2 Å². The molecule has 0 radical (unpaired) electrons. The van der Waals surface area contributed by atoms with Crippen LogP contribution in [-0.2, 0) is 13.0 Å². The third-order valence-electron chi connectivity index (χ3n) is 3.12. The van der Waals surface area contributed by atoms with Crippen molar-refractivity contribution in [3.63, 3.8) is 0 Å². The van der Waals surface area contributed by atoms with Gasteiger partial charge in [0, 0.05) is 18.7 Å². The summed E-state index contributed by atoms with van der Waals surface area (Å²) in [4.78, 5) is 0. The maximum atomic E-state index is 9.97. The van der Waals surface area contributed by atoms with Crippen LogP contribution in [-0.4, -0.2) is 31.7 Å². The van der Waals surface area contributed by atoms with Crippen molar-refractivity contribution in [3.05, 3.63) is 17.5 Å². The molecule has 1 rings (SSSR count). The molecule has 4 heteroatoms. The van der Waals surface area contributed by atoms with Crippen molar-refractivity contribution < 1.29 is 10.2 Å². The molecule has 2 N–H and O–H groups in total. The van der Waals surface area contributed by atoms with Crippen molar-refractivity contribution in [2.24, 2.45) is 0 Å². The van der Waals surface area contributed by atoms with Crippen molar-refractivity contribution in [3.8, 4) is 0 Å². The molecule has 0 saturated carbocycles. The normalized spacial score (nSPS) is 17.1. The van der Waals surface area contributed by atoms with Gasteiger partial charge >= 0.3 is 0 Å². The standard InChI is InChI=1S/C12H22N2O2/c1-5-12(4,16)11(15)8-10-7-9(3)13-14(10)6-2/h7,11,15-16H,5-6,8H2,1-4H3. The SMILES string of the molecule is CCn1nc(C)cc1CC(O)C(C)(O)CC. The monoisotopic (exact) mass is 226 g/mol. The second kappa shape index (κ2) is 4.97. The van der Waals surface area contributed by atoms with E-state index in [4.69, 9.17) is 0 Å². The van der Waals surface area contributed by atoms with Gasteiger partial charge in [0.2, 0.25) is 0 Å². The summed E-state index contributed by atoms with van der Waals surface area (Å²) in [6.45, 7) is 8.26. The number of hydrogen-bond acceptors (Lipinski definition) is 3. The highest BCUT2D eigenvalue weighted by Gasteiger charge is 2.29. The van der Waals surface area contributed by atoms with Crippen LogP contribution in [0.15, 0.2) is 6.07 Å². The molecule has 0 aliphatic rings. The van der Waals surface area contributed by atoms with Gasteiger partial charge in [0.15, 0.2) is 0 Å². The van der Waals surface area contributed by atoms with Crippen LogP contribution >= 0.6 is 0 Å². The number of aryl methyl sites for hydroxylation is 2. The van der Waals surface area contributed by atoms with E-state index in [0.717, 1.165) is 17.9 Å². The first kappa shape index (κ1) is 13.2. The Bertz CT molecular complexity index is 345. The summed E-state index contributed by atoms with van der Waals surface area (Å²) in [5.41, 5.74) is 0.887. The fraction of sp³-hybridized carbons (Fsp3) is 0.750. The van der Waals surface area contributed by atoms with Gasteiger partial charge < -0.3 is 10.2 Å². The Morgan fingerprint density at radius 3 is 2.62 bits per heavy atom. The first-order valence-corrected chi connectivity index (χ1v) is 5.84. The van der Waals surface area contributed by atoms with Gasteiger partial charge in [0.25, 0.3) is 0 Å². The van der Waals surface area contributed by atoms with Crippen molar-refractivity contribution >= 4 is 0 Å². The van der Waals surface area contributed by atoms with Crippen LogP contribution in [0.5, 0.6) is 0 Å². The summed E-state index contributed by atoms with van der Waals surface area (Å²) >= 11 is 0. The largest absolute Gasteiger partial charge is 0.390 e. The quantitative estimate of drug-likeness (QED) is 0.795. The lowest BCUT2D eigenvalue weighted by Crippen LogP contribution is -2.40. The highest BCUT2D eigenvalue weighted by molar-refractivity contribution is 5.11. The molecule has 1 aromatic rings. The second-order valence-electron chi connectivity index (χ2n) is 4.52. The zero-order valence-electron chi connectivity index (χ0n) is 10.6. The summed E-state index contributed by atoms with van der Waals surface area (Å²) in [5.74, 6) is 0. The molecule has 0 amide bonds. The average molecular weight is 226 g/mol. The summed E-state index contributed by atoms with van der Waals surface area (Å²) in [5, 5.41) is 24.2. The van der Waals surface area contributed by atoms with Gasteiger partial charge in [-0.3, -0.25) is 4.68 Å². The van der Waals surface area contributed by atoms with E-state index in [0.29, 0.717) is 12.8 Å². The molecule has 0 aliphatic heterocycles. The number of hydrogen-bond donors (Lipinski definition) is 2. The maximum absolute atomic E-state index is 9.97. The van der Waals surface area contributed by atoms with Gasteiger partial charge in [-0.1, -0.05) is 6.92 Å². The van der Waals surface area contributed by atoms with E-state index >= 15 is 0 Å². The lowest BCUT2D eigenvalue weighted by Gasteiger charge is -2.27. The molecule has 0 spiro atoms.